The van der Waals surface area contributed by atoms with E-state index in [9.17, 15) is 4.79 Å². The highest BCUT2D eigenvalue weighted by Crippen LogP contribution is 2.14. The van der Waals surface area contributed by atoms with Crippen LogP contribution in [0.3, 0.4) is 0 Å². The summed E-state index contributed by atoms with van der Waals surface area (Å²) in [6.07, 6.45) is 7.92. The van der Waals surface area contributed by atoms with Crippen molar-refractivity contribution in [3.63, 3.8) is 0 Å². The molecule has 0 unspecified atom stereocenters. The first kappa shape index (κ1) is 15.3. The molecular weight excluding hydrogens is 318 g/mol. The van der Waals surface area contributed by atoms with E-state index in [1.54, 1.807) is 23.2 Å². The van der Waals surface area contributed by atoms with Crippen molar-refractivity contribution in [1.29, 1.82) is 0 Å². The van der Waals surface area contributed by atoms with E-state index >= 15 is 0 Å². The van der Waals surface area contributed by atoms with Gasteiger partial charge in [0.2, 0.25) is 5.89 Å². The fourth-order valence-electron chi connectivity index (χ4n) is 2.83. The van der Waals surface area contributed by atoms with Crippen molar-refractivity contribution in [3.05, 3.63) is 76.7 Å². The van der Waals surface area contributed by atoms with Gasteiger partial charge in [0.15, 0.2) is 5.82 Å². The first-order valence-electron chi connectivity index (χ1n) is 8.13. The third-order valence-corrected chi connectivity index (χ3v) is 4.10. The number of aromatic nitrogens is 5. The van der Waals surface area contributed by atoms with Gasteiger partial charge >= 0.3 is 0 Å². The number of rotatable bonds is 5. The van der Waals surface area contributed by atoms with E-state index in [4.69, 9.17) is 4.52 Å². The second-order valence-corrected chi connectivity index (χ2v) is 5.82. The maximum Gasteiger partial charge on any atom is 0.275 e. The number of hydrogen-bond acceptors (Lipinski definition) is 5. The number of hydrogen-bond donors (Lipinski definition) is 0. The van der Waals surface area contributed by atoms with Gasteiger partial charge in [0, 0.05) is 43.1 Å². The van der Waals surface area contributed by atoms with E-state index in [-0.39, 0.29) is 12.1 Å². The molecule has 25 heavy (non-hydrogen) atoms. The van der Waals surface area contributed by atoms with Crippen molar-refractivity contribution < 1.29 is 4.52 Å². The van der Waals surface area contributed by atoms with Crippen LogP contribution < -0.4 is 5.56 Å². The molecule has 0 saturated carbocycles. The molecule has 0 saturated heterocycles. The summed E-state index contributed by atoms with van der Waals surface area (Å²) in [5.74, 6) is 1.08. The highest BCUT2D eigenvalue weighted by Gasteiger charge is 2.11. The summed E-state index contributed by atoms with van der Waals surface area (Å²) >= 11 is 0. The van der Waals surface area contributed by atoms with Gasteiger partial charge in [-0.1, -0.05) is 18.1 Å². The quantitative estimate of drug-likeness (QED) is 0.559. The van der Waals surface area contributed by atoms with Crippen LogP contribution in [0.4, 0.5) is 0 Å². The van der Waals surface area contributed by atoms with Crippen LogP contribution in [0.5, 0.6) is 0 Å². The number of fused-ring (bicyclic) bond motifs is 1. The first-order valence-corrected chi connectivity index (χ1v) is 8.13. The largest absolute Gasteiger partial charge is 0.339 e. The third-order valence-electron chi connectivity index (χ3n) is 4.10. The second kappa shape index (κ2) is 6.35. The van der Waals surface area contributed by atoms with Gasteiger partial charge in [-0.2, -0.15) is 4.98 Å². The Morgan fingerprint density at radius 2 is 1.96 bits per heavy atom. The zero-order valence-electron chi connectivity index (χ0n) is 13.8. The Bertz CT molecular complexity index is 1060. The SMILES string of the molecule is CCc1noc(Cn2ccc3ccn(Cc4cccnc4)c3c2=O)n1. The molecule has 0 fully saturated rings. The molecule has 4 aromatic rings. The van der Waals surface area contributed by atoms with Crippen molar-refractivity contribution in [2.24, 2.45) is 0 Å². The molecule has 0 spiro atoms. The van der Waals surface area contributed by atoms with Gasteiger partial charge in [-0.15, -0.1) is 0 Å². The molecule has 0 amide bonds. The minimum absolute atomic E-state index is 0.0809. The summed E-state index contributed by atoms with van der Waals surface area (Å²) < 4.78 is 8.73. The molecule has 4 heterocycles. The van der Waals surface area contributed by atoms with Crippen molar-refractivity contribution in [1.82, 2.24) is 24.3 Å². The fourth-order valence-corrected chi connectivity index (χ4v) is 2.83. The number of pyridine rings is 2. The van der Waals surface area contributed by atoms with E-state index in [2.05, 4.69) is 15.1 Å². The van der Waals surface area contributed by atoms with E-state index < -0.39 is 0 Å². The first-order chi connectivity index (χ1) is 12.2. The monoisotopic (exact) mass is 335 g/mol. The van der Waals surface area contributed by atoms with Gasteiger partial charge in [0.1, 0.15) is 12.1 Å². The summed E-state index contributed by atoms with van der Waals surface area (Å²) in [6, 6.07) is 7.75. The van der Waals surface area contributed by atoms with Gasteiger partial charge in [0.25, 0.3) is 5.56 Å². The zero-order valence-corrected chi connectivity index (χ0v) is 13.8. The molecule has 7 heteroatoms. The smallest absolute Gasteiger partial charge is 0.275 e. The van der Waals surface area contributed by atoms with Crippen LogP contribution in [0.1, 0.15) is 24.2 Å². The molecule has 0 aliphatic heterocycles. The molecule has 0 N–H and O–H groups in total. The van der Waals surface area contributed by atoms with Crippen molar-refractivity contribution in [2.45, 2.75) is 26.4 Å². The Labute approximate surface area is 143 Å². The van der Waals surface area contributed by atoms with Gasteiger partial charge in [-0.05, 0) is 23.8 Å². The lowest BCUT2D eigenvalue weighted by Gasteiger charge is -2.07. The summed E-state index contributed by atoms with van der Waals surface area (Å²) in [6.45, 7) is 2.81. The van der Waals surface area contributed by atoms with E-state index in [1.807, 2.05) is 42.0 Å². The Balaban J connectivity index is 1.71. The lowest BCUT2D eigenvalue weighted by molar-refractivity contribution is 0.365. The predicted molar refractivity (Wildman–Crippen MR) is 92.3 cm³/mol. The average Bonchev–Trinajstić information content (AvgIpc) is 3.26. The Kier molecular flexibility index (Phi) is 3.89. The molecule has 0 atom stereocenters. The van der Waals surface area contributed by atoms with Crippen LogP contribution in [-0.2, 0) is 19.5 Å². The molecule has 0 aromatic carbocycles. The van der Waals surface area contributed by atoms with Crippen molar-refractivity contribution >= 4 is 10.9 Å². The van der Waals surface area contributed by atoms with E-state index in [0.717, 1.165) is 10.9 Å². The second-order valence-electron chi connectivity index (χ2n) is 5.82. The Morgan fingerprint density at radius 3 is 2.68 bits per heavy atom. The molecule has 0 aliphatic rings. The van der Waals surface area contributed by atoms with Crippen LogP contribution >= 0.6 is 0 Å². The van der Waals surface area contributed by atoms with Crippen LogP contribution in [0, 0.1) is 0 Å². The minimum Gasteiger partial charge on any atom is -0.339 e. The van der Waals surface area contributed by atoms with Gasteiger partial charge in [-0.3, -0.25) is 9.78 Å². The van der Waals surface area contributed by atoms with Gasteiger partial charge < -0.3 is 13.7 Å². The Hall–Kier alpha value is -3.22. The summed E-state index contributed by atoms with van der Waals surface area (Å²) in [5.41, 5.74) is 1.61. The number of nitrogens with zero attached hydrogens (tertiary/aromatic N) is 5. The highest BCUT2D eigenvalue weighted by molar-refractivity contribution is 5.79. The molecule has 0 bridgehead atoms. The molecular formula is C18H17N5O2. The van der Waals surface area contributed by atoms with Crippen molar-refractivity contribution in [2.75, 3.05) is 0 Å². The summed E-state index contributed by atoms with van der Waals surface area (Å²) in [5, 5.41) is 4.78. The lowest BCUT2D eigenvalue weighted by atomic mass is 10.3. The maximum absolute atomic E-state index is 12.9. The normalized spacial score (nSPS) is 11.2. The molecule has 126 valence electrons. The average molecular weight is 335 g/mol. The van der Waals surface area contributed by atoms with Crippen LogP contribution in [0.15, 0.2) is 58.4 Å². The number of aryl methyl sites for hydroxylation is 1. The topological polar surface area (TPSA) is 78.7 Å². The highest BCUT2D eigenvalue weighted by atomic mass is 16.5. The molecule has 0 radical (unpaired) electrons. The third kappa shape index (κ3) is 2.96. The molecule has 4 rings (SSSR count). The summed E-state index contributed by atoms with van der Waals surface area (Å²) in [7, 11) is 0. The summed E-state index contributed by atoms with van der Waals surface area (Å²) in [4.78, 5) is 21.3. The van der Waals surface area contributed by atoms with Gasteiger partial charge in [0.05, 0.1) is 0 Å². The zero-order chi connectivity index (χ0) is 17.2. The van der Waals surface area contributed by atoms with Crippen LogP contribution in [0.25, 0.3) is 10.9 Å². The van der Waals surface area contributed by atoms with Crippen LogP contribution in [0.2, 0.25) is 0 Å². The Morgan fingerprint density at radius 1 is 1.12 bits per heavy atom. The van der Waals surface area contributed by atoms with Gasteiger partial charge in [-0.25, -0.2) is 0 Å². The fraction of sp³-hybridized carbons (Fsp3) is 0.222. The van der Waals surface area contributed by atoms with E-state index in [0.29, 0.717) is 30.2 Å². The molecule has 0 aliphatic carbocycles. The van der Waals surface area contributed by atoms with Crippen LogP contribution in [-0.4, -0.2) is 24.3 Å². The predicted octanol–water partition coefficient (Wildman–Crippen LogP) is 2.24. The van der Waals surface area contributed by atoms with Crippen molar-refractivity contribution in [3.8, 4) is 0 Å². The maximum atomic E-state index is 12.9. The van der Waals surface area contributed by atoms with E-state index in [1.165, 1.54) is 0 Å². The lowest BCUT2D eigenvalue weighted by Crippen LogP contribution is -2.22. The standard InChI is InChI=1S/C18H17N5O2/c1-2-15-20-16(25-21-15)12-23-9-6-14-5-8-22(17(14)18(23)24)11-13-4-3-7-19-10-13/h3-10H,2,11-12H2,1H3. The minimum atomic E-state index is -0.0809. The molecule has 4 aromatic heterocycles. The molecule has 7 nitrogen and oxygen atoms in total.